The van der Waals surface area contributed by atoms with Gasteiger partial charge in [-0.05, 0) is 34.7 Å². The first kappa shape index (κ1) is 22.9. The third-order valence-electron chi connectivity index (χ3n) is 6.10. The predicted molar refractivity (Wildman–Crippen MR) is 135 cm³/mol. The number of hydrogen-bond donors (Lipinski definition) is 1. The molecule has 4 rings (SSSR count). The summed E-state index contributed by atoms with van der Waals surface area (Å²) >= 11 is 0. The van der Waals surface area contributed by atoms with Crippen molar-refractivity contribution < 1.29 is 4.74 Å². The van der Waals surface area contributed by atoms with Crippen molar-refractivity contribution in [1.29, 1.82) is 0 Å². The van der Waals surface area contributed by atoms with Crippen LogP contribution in [0.5, 0.6) is 0 Å². The second kappa shape index (κ2) is 11.0. The highest BCUT2D eigenvalue weighted by Crippen LogP contribution is 2.37. The zero-order valence-corrected chi connectivity index (χ0v) is 19.4. The number of nitrogens with zero attached hydrogens (tertiary/aromatic N) is 1. The minimum Gasteiger partial charge on any atom is -0.374 e. The summed E-state index contributed by atoms with van der Waals surface area (Å²) in [6.07, 6.45) is 1.81. The molecule has 0 amide bonds. The summed E-state index contributed by atoms with van der Waals surface area (Å²) in [6.45, 7) is 5.57. The van der Waals surface area contributed by atoms with Gasteiger partial charge in [-0.25, -0.2) is 0 Å². The van der Waals surface area contributed by atoms with Crippen molar-refractivity contribution in [2.75, 3.05) is 6.61 Å². The maximum absolute atomic E-state index is 6.17. The first-order valence-corrected chi connectivity index (χ1v) is 11.6. The van der Waals surface area contributed by atoms with E-state index in [1.165, 1.54) is 16.7 Å². The number of pyridine rings is 1. The summed E-state index contributed by atoms with van der Waals surface area (Å²) < 4.78 is 6.17. The van der Waals surface area contributed by atoms with Crippen molar-refractivity contribution in [2.24, 2.45) is 5.92 Å². The molecule has 168 valence electrons. The molecule has 4 aromatic rings. The number of rotatable bonds is 10. The maximum Gasteiger partial charge on any atom is 0.0950 e. The Morgan fingerprint density at radius 1 is 0.697 bits per heavy atom. The molecular formula is C30H32N2O. The van der Waals surface area contributed by atoms with Crippen LogP contribution in [-0.2, 0) is 16.9 Å². The van der Waals surface area contributed by atoms with Crippen molar-refractivity contribution in [1.82, 2.24) is 10.3 Å². The first-order chi connectivity index (χ1) is 16.2. The molecule has 1 atom stereocenters. The Labute approximate surface area is 197 Å². The van der Waals surface area contributed by atoms with E-state index in [0.29, 0.717) is 19.1 Å². The van der Waals surface area contributed by atoms with Crippen LogP contribution in [0.3, 0.4) is 0 Å². The van der Waals surface area contributed by atoms with E-state index in [2.05, 4.69) is 115 Å². The van der Waals surface area contributed by atoms with E-state index in [1.807, 2.05) is 24.4 Å². The molecule has 3 heteroatoms. The van der Waals surface area contributed by atoms with Crippen LogP contribution in [0.15, 0.2) is 115 Å². The van der Waals surface area contributed by atoms with Crippen LogP contribution in [0.2, 0.25) is 0 Å². The largest absolute Gasteiger partial charge is 0.374 e. The fourth-order valence-corrected chi connectivity index (χ4v) is 4.27. The maximum atomic E-state index is 6.17. The monoisotopic (exact) mass is 436 g/mol. The molecule has 33 heavy (non-hydrogen) atoms. The van der Waals surface area contributed by atoms with Crippen LogP contribution in [0, 0.1) is 5.92 Å². The molecule has 0 aliphatic heterocycles. The summed E-state index contributed by atoms with van der Waals surface area (Å²) in [5.41, 5.74) is 4.06. The van der Waals surface area contributed by atoms with Gasteiger partial charge < -0.3 is 4.74 Å². The quantitative estimate of drug-likeness (QED) is 0.300. The van der Waals surface area contributed by atoms with Gasteiger partial charge in [0.2, 0.25) is 0 Å². The molecule has 3 aromatic carbocycles. The third-order valence-corrected chi connectivity index (χ3v) is 6.10. The Kier molecular flexibility index (Phi) is 7.66. The highest BCUT2D eigenvalue weighted by Gasteiger charge is 2.38. The van der Waals surface area contributed by atoms with E-state index in [0.717, 1.165) is 5.69 Å². The van der Waals surface area contributed by atoms with Crippen LogP contribution >= 0.6 is 0 Å². The Bertz CT molecular complexity index is 987. The summed E-state index contributed by atoms with van der Waals surface area (Å²) in [6, 6.07) is 38.2. The number of hydrogen-bond acceptors (Lipinski definition) is 3. The van der Waals surface area contributed by atoms with E-state index in [1.54, 1.807) is 0 Å². The SMILES string of the molecule is CC(C)[C@@H](COCc1ccccn1)NC(c1ccccc1)(c1ccccc1)c1ccccc1. The van der Waals surface area contributed by atoms with Gasteiger partial charge in [0, 0.05) is 12.2 Å². The molecule has 0 unspecified atom stereocenters. The normalized spacial score (nSPS) is 12.6. The Hall–Kier alpha value is -3.27. The predicted octanol–water partition coefficient (Wildman–Crippen LogP) is 6.20. The fourth-order valence-electron chi connectivity index (χ4n) is 4.27. The van der Waals surface area contributed by atoms with Gasteiger partial charge >= 0.3 is 0 Å². The summed E-state index contributed by atoms with van der Waals surface area (Å²) in [5.74, 6) is 0.365. The number of aromatic nitrogens is 1. The lowest BCUT2D eigenvalue weighted by atomic mass is 9.76. The number of ether oxygens (including phenoxy) is 1. The molecular weight excluding hydrogens is 404 g/mol. The molecule has 0 aliphatic carbocycles. The standard InChI is InChI=1S/C30H32N2O/c1-24(2)29(23-33-22-28-20-12-13-21-31-28)32-30(25-14-6-3-7-15-25,26-16-8-4-9-17-26)27-18-10-5-11-19-27/h3-21,24,29,32H,22-23H2,1-2H3/t29-/m1/s1. The molecule has 0 saturated carbocycles. The van der Waals surface area contributed by atoms with Gasteiger partial charge in [0.25, 0.3) is 0 Å². The van der Waals surface area contributed by atoms with E-state index in [9.17, 15) is 0 Å². The van der Waals surface area contributed by atoms with Gasteiger partial charge in [-0.2, -0.15) is 0 Å². The number of benzene rings is 3. The molecule has 0 aliphatic rings. The summed E-state index contributed by atoms with van der Waals surface area (Å²) in [5, 5.41) is 4.06. The van der Waals surface area contributed by atoms with Gasteiger partial charge in [-0.1, -0.05) is 111 Å². The van der Waals surface area contributed by atoms with E-state index in [-0.39, 0.29) is 6.04 Å². The highest BCUT2D eigenvalue weighted by atomic mass is 16.5. The Balaban J connectivity index is 1.73. The van der Waals surface area contributed by atoms with Crippen LogP contribution in [0.4, 0.5) is 0 Å². The zero-order valence-electron chi connectivity index (χ0n) is 19.4. The average Bonchev–Trinajstić information content (AvgIpc) is 2.88. The third kappa shape index (κ3) is 5.39. The molecule has 1 heterocycles. The van der Waals surface area contributed by atoms with Crippen molar-refractivity contribution in [3.8, 4) is 0 Å². The lowest BCUT2D eigenvalue weighted by Gasteiger charge is -2.41. The van der Waals surface area contributed by atoms with Crippen LogP contribution in [0.1, 0.15) is 36.2 Å². The minimum absolute atomic E-state index is 0.120. The van der Waals surface area contributed by atoms with Crippen molar-refractivity contribution in [2.45, 2.75) is 32.0 Å². The fraction of sp³-hybridized carbons (Fsp3) is 0.233. The smallest absolute Gasteiger partial charge is 0.0950 e. The molecule has 0 saturated heterocycles. The second-order valence-corrected chi connectivity index (χ2v) is 8.68. The van der Waals surface area contributed by atoms with Gasteiger partial charge in [0.05, 0.1) is 24.4 Å². The van der Waals surface area contributed by atoms with E-state index >= 15 is 0 Å². The Morgan fingerprint density at radius 2 is 1.18 bits per heavy atom. The van der Waals surface area contributed by atoms with Gasteiger partial charge in [0.1, 0.15) is 0 Å². The van der Waals surface area contributed by atoms with Crippen molar-refractivity contribution in [3.63, 3.8) is 0 Å². The van der Waals surface area contributed by atoms with E-state index < -0.39 is 5.54 Å². The molecule has 0 bridgehead atoms. The molecule has 0 radical (unpaired) electrons. The van der Waals surface area contributed by atoms with Gasteiger partial charge in [-0.15, -0.1) is 0 Å². The summed E-state index contributed by atoms with van der Waals surface area (Å²) in [4.78, 5) is 4.39. The lowest BCUT2D eigenvalue weighted by molar-refractivity contribution is 0.0770. The zero-order chi connectivity index (χ0) is 22.9. The Morgan fingerprint density at radius 3 is 1.61 bits per heavy atom. The van der Waals surface area contributed by atoms with Crippen LogP contribution in [0.25, 0.3) is 0 Å². The average molecular weight is 437 g/mol. The summed E-state index contributed by atoms with van der Waals surface area (Å²) in [7, 11) is 0. The van der Waals surface area contributed by atoms with Crippen molar-refractivity contribution >= 4 is 0 Å². The lowest BCUT2D eigenvalue weighted by Crippen LogP contribution is -2.53. The van der Waals surface area contributed by atoms with Gasteiger partial charge in [-0.3, -0.25) is 10.3 Å². The second-order valence-electron chi connectivity index (χ2n) is 8.68. The molecule has 1 aromatic heterocycles. The topological polar surface area (TPSA) is 34.1 Å². The first-order valence-electron chi connectivity index (χ1n) is 11.6. The number of nitrogens with one attached hydrogen (secondary N) is 1. The van der Waals surface area contributed by atoms with Crippen LogP contribution in [-0.4, -0.2) is 17.6 Å². The highest BCUT2D eigenvalue weighted by molar-refractivity contribution is 5.49. The molecule has 1 N–H and O–H groups in total. The molecule has 0 fully saturated rings. The van der Waals surface area contributed by atoms with Gasteiger partial charge in [0.15, 0.2) is 0 Å². The van der Waals surface area contributed by atoms with Crippen LogP contribution < -0.4 is 5.32 Å². The minimum atomic E-state index is -0.507. The molecule has 0 spiro atoms. The van der Waals surface area contributed by atoms with Crippen molar-refractivity contribution in [3.05, 3.63) is 138 Å². The van der Waals surface area contributed by atoms with E-state index in [4.69, 9.17) is 4.74 Å². The molecule has 3 nitrogen and oxygen atoms in total.